The first kappa shape index (κ1) is 11.7. The van der Waals surface area contributed by atoms with Crippen LogP contribution in [0.4, 0.5) is 5.82 Å². The molecule has 88 valence electrons. The minimum absolute atomic E-state index is 0.372. The third kappa shape index (κ3) is 2.88. The van der Waals surface area contributed by atoms with Crippen molar-refractivity contribution in [2.75, 3.05) is 5.32 Å². The Bertz CT molecular complexity index is 515. The Hall–Kier alpha value is -1.75. The van der Waals surface area contributed by atoms with Crippen LogP contribution in [0, 0.1) is 13.8 Å². The lowest BCUT2D eigenvalue weighted by Crippen LogP contribution is -2.06. The molecule has 0 saturated carbocycles. The second-order valence-corrected chi connectivity index (χ2v) is 3.96. The lowest BCUT2D eigenvalue weighted by molar-refractivity contribution is 0.914. The van der Waals surface area contributed by atoms with Crippen molar-refractivity contribution in [1.82, 2.24) is 20.2 Å². The third-order valence-corrected chi connectivity index (χ3v) is 2.59. The summed E-state index contributed by atoms with van der Waals surface area (Å²) in [5.41, 5.74) is 2.51. The quantitative estimate of drug-likeness (QED) is 0.903. The Morgan fingerprint density at radius 3 is 2.71 bits per heavy atom. The van der Waals surface area contributed by atoms with Crippen molar-refractivity contribution in [2.45, 2.75) is 20.4 Å². The van der Waals surface area contributed by atoms with Gasteiger partial charge in [-0.05, 0) is 26.0 Å². The molecule has 0 atom stereocenters. The van der Waals surface area contributed by atoms with Crippen LogP contribution in [0.5, 0.6) is 0 Å². The molecule has 0 unspecified atom stereocenters. The topological polar surface area (TPSA) is 63.6 Å². The molecule has 0 saturated heterocycles. The minimum Gasteiger partial charge on any atom is -0.362 e. The summed E-state index contributed by atoms with van der Waals surface area (Å²) in [7, 11) is 0. The van der Waals surface area contributed by atoms with Gasteiger partial charge in [0.1, 0.15) is 0 Å². The van der Waals surface area contributed by atoms with Gasteiger partial charge in [-0.25, -0.2) is 9.97 Å². The second kappa shape index (κ2) is 5.05. The van der Waals surface area contributed by atoms with Crippen LogP contribution in [0.1, 0.15) is 17.1 Å². The van der Waals surface area contributed by atoms with Gasteiger partial charge in [0.15, 0.2) is 11.0 Å². The first-order chi connectivity index (χ1) is 8.16. The van der Waals surface area contributed by atoms with Gasteiger partial charge < -0.3 is 5.32 Å². The van der Waals surface area contributed by atoms with Crippen LogP contribution in [-0.4, -0.2) is 20.2 Å². The fourth-order valence-corrected chi connectivity index (χ4v) is 1.53. The van der Waals surface area contributed by atoms with Crippen molar-refractivity contribution in [3.63, 3.8) is 0 Å². The van der Waals surface area contributed by atoms with Gasteiger partial charge in [0.05, 0.1) is 23.6 Å². The van der Waals surface area contributed by atoms with Crippen molar-refractivity contribution in [3.8, 4) is 0 Å². The number of aromatic nitrogens is 4. The molecule has 6 heteroatoms. The molecule has 5 nitrogen and oxygen atoms in total. The van der Waals surface area contributed by atoms with Crippen LogP contribution < -0.4 is 5.32 Å². The van der Waals surface area contributed by atoms with Crippen LogP contribution in [0.15, 0.2) is 18.3 Å². The third-order valence-electron chi connectivity index (χ3n) is 2.33. The number of hydrogen-bond donors (Lipinski definition) is 1. The maximum absolute atomic E-state index is 6.00. The van der Waals surface area contributed by atoms with Crippen LogP contribution in [-0.2, 0) is 6.54 Å². The predicted octanol–water partition coefficient (Wildman–Crippen LogP) is 2.15. The van der Waals surface area contributed by atoms with Gasteiger partial charge in [-0.1, -0.05) is 11.6 Å². The summed E-state index contributed by atoms with van der Waals surface area (Å²) >= 11 is 6.00. The zero-order valence-electron chi connectivity index (χ0n) is 9.61. The highest BCUT2D eigenvalue weighted by atomic mass is 35.5. The molecule has 0 aliphatic rings. The maximum atomic E-state index is 6.00. The smallest absolute Gasteiger partial charge is 0.171 e. The average Bonchev–Trinajstić information content (AvgIpc) is 2.33. The van der Waals surface area contributed by atoms with Crippen molar-refractivity contribution < 1.29 is 0 Å². The Morgan fingerprint density at radius 1 is 1.24 bits per heavy atom. The number of rotatable bonds is 3. The van der Waals surface area contributed by atoms with Crippen LogP contribution >= 0.6 is 11.6 Å². The van der Waals surface area contributed by atoms with Gasteiger partial charge in [0.25, 0.3) is 0 Å². The molecule has 0 bridgehead atoms. The van der Waals surface area contributed by atoms with Crippen LogP contribution in [0.3, 0.4) is 0 Å². The van der Waals surface area contributed by atoms with E-state index >= 15 is 0 Å². The van der Waals surface area contributed by atoms with Crippen molar-refractivity contribution >= 4 is 17.4 Å². The van der Waals surface area contributed by atoms with Gasteiger partial charge in [-0.2, -0.15) is 10.2 Å². The summed E-state index contributed by atoms with van der Waals surface area (Å²) in [5, 5.41) is 11.2. The average molecular weight is 250 g/mol. The van der Waals surface area contributed by atoms with E-state index in [1.54, 1.807) is 6.20 Å². The number of halogens is 1. The SMILES string of the molecule is Cc1nc(Cl)c(NCc2cccnn2)nc1C. The van der Waals surface area contributed by atoms with Gasteiger partial charge in [0, 0.05) is 6.20 Å². The lowest BCUT2D eigenvalue weighted by atomic mass is 10.3. The molecule has 0 aliphatic carbocycles. The van der Waals surface area contributed by atoms with Crippen LogP contribution in [0.2, 0.25) is 5.15 Å². The van der Waals surface area contributed by atoms with Crippen molar-refractivity contribution in [3.05, 3.63) is 40.6 Å². The molecule has 1 N–H and O–H groups in total. The van der Waals surface area contributed by atoms with E-state index in [0.29, 0.717) is 17.5 Å². The molecule has 0 aliphatic heterocycles. The molecular formula is C11H12ClN5. The number of nitrogens with one attached hydrogen (secondary N) is 1. The molecule has 0 spiro atoms. The highest BCUT2D eigenvalue weighted by Crippen LogP contribution is 2.18. The van der Waals surface area contributed by atoms with Crippen molar-refractivity contribution in [2.24, 2.45) is 0 Å². The standard InChI is InChI=1S/C11H12ClN5/c1-7-8(2)16-11(10(12)15-7)13-6-9-4-3-5-14-17-9/h3-5H,6H2,1-2H3,(H,13,16). The fraction of sp³-hybridized carbons (Fsp3) is 0.273. The Kier molecular flexibility index (Phi) is 3.49. The second-order valence-electron chi connectivity index (χ2n) is 3.60. The van der Waals surface area contributed by atoms with Gasteiger partial charge in [-0.15, -0.1) is 0 Å². The molecule has 2 heterocycles. The molecule has 0 amide bonds. The zero-order chi connectivity index (χ0) is 12.3. The minimum atomic E-state index is 0.372. The predicted molar refractivity (Wildman–Crippen MR) is 65.9 cm³/mol. The molecule has 2 rings (SSSR count). The number of hydrogen-bond acceptors (Lipinski definition) is 5. The Balaban J connectivity index is 2.12. The molecule has 17 heavy (non-hydrogen) atoms. The van der Waals surface area contributed by atoms with Crippen LogP contribution in [0.25, 0.3) is 0 Å². The summed E-state index contributed by atoms with van der Waals surface area (Å²) in [5.74, 6) is 0.570. The van der Waals surface area contributed by atoms with E-state index in [4.69, 9.17) is 11.6 Å². The first-order valence-electron chi connectivity index (χ1n) is 5.18. The number of anilines is 1. The van der Waals surface area contributed by atoms with Gasteiger partial charge in [0.2, 0.25) is 0 Å². The summed E-state index contributed by atoms with van der Waals surface area (Å²) in [6.07, 6.45) is 1.63. The van der Waals surface area contributed by atoms with Gasteiger partial charge in [-0.3, -0.25) is 0 Å². The molecule has 2 aromatic heterocycles. The monoisotopic (exact) mass is 249 g/mol. The largest absolute Gasteiger partial charge is 0.362 e. The highest BCUT2D eigenvalue weighted by molar-refractivity contribution is 6.31. The molecule has 0 fully saturated rings. The zero-order valence-corrected chi connectivity index (χ0v) is 10.4. The van der Waals surface area contributed by atoms with Gasteiger partial charge >= 0.3 is 0 Å². The number of aryl methyl sites for hydroxylation is 2. The Labute approximate surface area is 104 Å². The fourth-order valence-electron chi connectivity index (χ4n) is 1.29. The normalized spacial score (nSPS) is 10.3. The summed E-state index contributed by atoms with van der Waals surface area (Å²) in [6.45, 7) is 4.29. The van der Waals surface area contributed by atoms with E-state index in [0.717, 1.165) is 17.1 Å². The van der Waals surface area contributed by atoms with E-state index in [2.05, 4.69) is 25.5 Å². The summed E-state index contributed by atoms with van der Waals surface area (Å²) in [4.78, 5) is 8.52. The molecular weight excluding hydrogens is 238 g/mol. The maximum Gasteiger partial charge on any atom is 0.171 e. The van der Waals surface area contributed by atoms with E-state index < -0.39 is 0 Å². The summed E-state index contributed by atoms with van der Waals surface area (Å²) in [6, 6.07) is 3.71. The van der Waals surface area contributed by atoms with E-state index in [1.165, 1.54) is 0 Å². The molecule has 2 aromatic rings. The van der Waals surface area contributed by atoms with E-state index in [1.807, 2.05) is 26.0 Å². The summed E-state index contributed by atoms with van der Waals surface area (Å²) < 4.78 is 0. The first-order valence-corrected chi connectivity index (χ1v) is 5.56. The van der Waals surface area contributed by atoms with E-state index in [-0.39, 0.29) is 0 Å². The molecule has 0 aromatic carbocycles. The highest BCUT2D eigenvalue weighted by Gasteiger charge is 2.06. The number of nitrogens with zero attached hydrogens (tertiary/aromatic N) is 4. The molecule has 0 radical (unpaired) electrons. The Morgan fingerprint density at radius 2 is 2.00 bits per heavy atom. The van der Waals surface area contributed by atoms with E-state index in [9.17, 15) is 0 Å². The lowest BCUT2D eigenvalue weighted by Gasteiger charge is -2.08. The van der Waals surface area contributed by atoms with Crippen molar-refractivity contribution in [1.29, 1.82) is 0 Å².